The molecule has 0 aliphatic heterocycles. The largest absolute Gasteiger partial charge is 0.491 e. The SMILES string of the molecule is NC(=O)CCOc1ccccc1NC(=O)c1ccccc1Cl. The molecule has 3 N–H and O–H groups in total. The maximum absolute atomic E-state index is 12.2. The summed E-state index contributed by atoms with van der Waals surface area (Å²) in [6.45, 7) is 0.147. The summed E-state index contributed by atoms with van der Waals surface area (Å²) in [6, 6.07) is 13.7. The van der Waals surface area contributed by atoms with E-state index in [1.807, 2.05) is 0 Å². The quantitative estimate of drug-likeness (QED) is 0.859. The van der Waals surface area contributed by atoms with Crippen molar-refractivity contribution in [2.45, 2.75) is 6.42 Å². The standard InChI is InChI=1S/C16H15ClN2O3/c17-12-6-2-1-5-11(12)16(21)19-13-7-3-4-8-14(13)22-10-9-15(18)20/h1-8H,9-10H2,(H2,18,20)(H,19,21). The number of anilines is 1. The topological polar surface area (TPSA) is 81.4 Å². The first-order valence-corrected chi connectivity index (χ1v) is 7.01. The average molecular weight is 319 g/mol. The van der Waals surface area contributed by atoms with Gasteiger partial charge >= 0.3 is 0 Å². The van der Waals surface area contributed by atoms with Crippen LogP contribution in [0.3, 0.4) is 0 Å². The van der Waals surface area contributed by atoms with Gasteiger partial charge in [0, 0.05) is 0 Å². The summed E-state index contributed by atoms with van der Waals surface area (Å²) >= 11 is 6.00. The lowest BCUT2D eigenvalue weighted by molar-refractivity contribution is -0.118. The van der Waals surface area contributed by atoms with Crippen molar-refractivity contribution < 1.29 is 14.3 Å². The van der Waals surface area contributed by atoms with E-state index < -0.39 is 5.91 Å². The number of hydrogen-bond acceptors (Lipinski definition) is 3. The summed E-state index contributed by atoms with van der Waals surface area (Å²) in [5.41, 5.74) is 5.93. The minimum Gasteiger partial charge on any atom is -0.491 e. The Labute approximate surface area is 133 Å². The van der Waals surface area contributed by atoms with E-state index in [0.717, 1.165) is 0 Å². The molecule has 0 aliphatic rings. The Morgan fingerprint density at radius 3 is 2.50 bits per heavy atom. The van der Waals surface area contributed by atoms with Gasteiger partial charge < -0.3 is 15.8 Å². The molecule has 22 heavy (non-hydrogen) atoms. The molecule has 0 atom stereocenters. The van der Waals surface area contributed by atoms with Crippen molar-refractivity contribution in [2.75, 3.05) is 11.9 Å². The van der Waals surface area contributed by atoms with E-state index in [-0.39, 0.29) is 18.9 Å². The third-order valence-corrected chi connectivity index (χ3v) is 3.19. The zero-order valence-electron chi connectivity index (χ0n) is 11.7. The Morgan fingerprint density at radius 1 is 1.09 bits per heavy atom. The Morgan fingerprint density at radius 2 is 1.77 bits per heavy atom. The van der Waals surface area contributed by atoms with Crippen LogP contribution in [0.4, 0.5) is 5.69 Å². The molecule has 0 saturated carbocycles. The fraction of sp³-hybridized carbons (Fsp3) is 0.125. The van der Waals surface area contributed by atoms with Crippen molar-refractivity contribution in [1.82, 2.24) is 0 Å². The van der Waals surface area contributed by atoms with Crippen LogP contribution < -0.4 is 15.8 Å². The molecule has 0 bridgehead atoms. The summed E-state index contributed by atoms with van der Waals surface area (Å²) in [4.78, 5) is 23.0. The van der Waals surface area contributed by atoms with E-state index in [1.54, 1.807) is 48.5 Å². The number of para-hydroxylation sites is 2. The van der Waals surface area contributed by atoms with Crippen LogP contribution in [0.2, 0.25) is 5.02 Å². The molecule has 0 spiro atoms. The summed E-state index contributed by atoms with van der Waals surface area (Å²) in [5, 5.41) is 3.11. The zero-order chi connectivity index (χ0) is 15.9. The van der Waals surface area contributed by atoms with Gasteiger partial charge in [-0.1, -0.05) is 35.9 Å². The van der Waals surface area contributed by atoms with Gasteiger partial charge in [0.25, 0.3) is 5.91 Å². The van der Waals surface area contributed by atoms with Gasteiger partial charge in [0.05, 0.1) is 29.3 Å². The lowest BCUT2D eigenvalue weighted by Gasteiger charge is -2.12. The molecule has 6 heteroatoms. The van der Waals surface area contributed by atoms with E-state index in [1.165, 1.54) is 0 Å². The second-order valence-electron chi connectivity index (χ2n) is 4.49. The minimum atomic E-state index is -0.447. The molecular formula is C16H15ClN2O3. The van der Waals surface area contributed by atoms with Gasteiger partial charge in [0.1, 0.15) is 5.75 Å². The molecule has 0 saturated heterocycles. The Hall–Kier alpha value is -2.53. The molecule has 0 aromatic heterocycles. The number of nitrogens with two attached hydrogens (primary N) is 1. The molecular weight excluding hydrogens is 304 g/mol. The molecule has 0 unspecified atom stereocenters. The van der Waals surface area contributed by atoms with Crippen LogP contribution in [0.25, 0.3) is 0 Å². The molecule has 2 rings (SSSR count). The molecule has 114 valence electrons. The number of hydrogen-bond donors (Lipinski definition) is 2. The van der Waals surface area contributed by atoms with Crippen molar-refractivity contribution in [3.63, 3.8) is 0 Å². The lowest BCUT2D eigenvalue weighted by Crippen LogP contribution is -2.16. The average Bonchev–Trinajstić information content (AvgIpc) is 2.49. The zero-order valence-corrected chi connectivity index (χ0v) is 12.5. The van der Waals surface area contributed by atoms with Crippen LogP contribution >= 0.6 is 11.6 Å². The van der Waals surface area contributed by atoms with Crippen LogP contribution in [0, 0.1) is 0 Å². The lowest BCUT2D eigenvalue weighted by atomic mass is 10.2. The first kappa shape index (κ1) is 15.9. The number of amides is 2. The third kappa shape index (κ3) is 4.23. The van der Waals surface area contributed by atoms with E-state index in [9.17, 15) is 9.59 Å². The molecule has 0 heterocycles. The smallest absolute Gasteiger partial charge is 0.257 e. The molecule has 0 radical (unpaired) electrons. The number of nitrogens with one attached hydrogen (secondary N) is 1. The van der Waals surface area contributed by atoms with E-state index >= 15 is 0 Å². The van der Waals surface area contributed by atoms with Gasteiger partial charge in [-0.25, -0.2) is 0 Å². The van der Waals surface area contributed by atoms with Crippen molar-refractivity contribution in [2.24, 2.45) is 5.73 Å². The predicted molar refractivity (Wildman–Crippen MR) is 85.2 cm³/mol. The highest BCUT2D eigenvalue weighted by atomic mass is 35.5. The molecule has 0 aliphatic carbocycles. The first-order valence-electron chi connectivity index (χ1n) is 6.64. The maximum Gasteiger partial charge on any atom is 0.257 e. The summed E-state index contributed by atoms with van der Waals surface area (Å²) in [7, 11) is 0. The van der Waals surface area contributed by atoms with Crippen LogP contribution in [0.1, 0.15) is 16.8 Å². The highest BCUT2D eigenvalue weighted by Gasteiger charge is 2.12. The van der Waals surface area contributed by atoms with Gasteiger partial charge in [-0.05, 0) is 24.3 Å². The van der Waals surface area contributed by atoms with Crippen molar-refractivity contribution in [3.8, 4) is 5.75 Å². The highest BCUT2D eigenvalue weighted by molar-refractivity contribution is 6.34. The van der Waals surface area contributed by atoms with E-state index in [0.29, 0.717) is 22.0 Å². The molecule has 2 amide bonds. The highest BCUT2D eigenvalue weighted by Crippen LogP contribution is 2.25. The number of primary amides is 1. The fourth-order valence-corrected chi connectivity index (χ4v) is 2.01. The molecule has 2 aromatic carbocycles. The van der Waals surface area contributed by atoms with E-state index in [4.69, 9.17) is 22.1 Å². The number of halogens is 1. The number of benzene rings is 2. The predicted octanol–water partition coefficient (Wildman–Crippen LogP) is 2.85. The van der Waals surface area contributed by atoms with Crippen molar-refractivity contribution >= 4 is 29.1 Å². The Balaban J connectivity index is 2.11. The number of carbonyl (C=O) groups is 2. The number of rotatable bonds is 6. The molecule has 5 nitrogen and oxygen atoms in total. The first-order chi connectivity index (χ1) is 10.6. The molecule has 2 aromatic rings. The van der Waals surface area contributed by atoms with E-state index in [2.05, 4.69) is 5.32 Å². The second kappa shape index (κ2) is 7.47. The van der Waals surface area contributed by atoms with Gasteiger partial charge in [-0.3, -0.25) is 9.59 Å². The summed E-state index contributed by atoms with van der Waals surface area (Å²) in [5.74, 6) is -0.321. The third-order valence-electron chi connectivity index (χ3n) is 2.86. The van der Waals surface area contributed by atoms with Crippen LogP contribution in [-0.2, 0) is 4.79 Å². The monoisotopic (exact) mass is 318 g/mol. The molecule has 0 fully saturated rings. The van der Waals surface area contributed by atoms with Gasteiger partial charge in [0.2, 0.25) is 5.91 Å². The normalized spacial score (nSPS) is 10.0. The van der Waals surface area contributed by atoms with Crippen LogP contribution in [-0.4, -0.2) is 18.4 Å². The number of ether oxygens (including phenoxy) is 1. The second-order valence-corrected chi connectivity index (χ2v) is 4.90. The minimum absolute atomic E-state index is 0.104. The summed E-state index contributed by atoms with van der Waals surface area (Å²) in [6.07, 6.45) is 0.104. The Bertz CT molecular complexity index is 689. The van der Waals surface area contributed by atoms with Crippen molar-refractivity contribution in [1.29, 1.82) is 0 Å². The van der Waals surface area contributed by atoms with Crippen LogP contribution in [0.15, 0.2) is 48.5 Å². The van der Waals surface area contributed by atoms with Gasteiger partial charge in [-0.15, -0.1) is 0 Å². The summed E-state index contributed by atoms with van der Waals surface area (Å²) < 4.78 is 5.47. The Kier molecular flexibility index (Phi) is 5.38. The van der Waals surface area contributed by atoms with Crippen LogP contribution in [0.5, 0.6) is 5.75 Å². The van der Waals surface area contributed by atoms with Gasteiger partial charge in [0.15, 0.2) is 0 Å². The fourth-order valence-electron chi connectivity index (χ4n) is 1.79. The number of carbonyl (C=O) groups excluding carboxylic acids is 2. The maximum atomic E-state index is 12.2. The van der Waals surface area contributed by atoms with Gasteiger partial charge in [-0.2, -0.15) is 0 Å². The van der Waals surface area contributed by atoms with Crippen molar-refractivity contribution in [3.05, 3.63) is 59.1 Å².